The third-order valence-corrected chi connectivity index (χ3v) is 3.00. The molecule has 0 radical (unpaired) electrons. The summed E-state index contributed by atoms with van der Waals surface area (Å²) in [4.78, 5) is 11.8. The van der Waals surface area contributed by atoms with Gasteiger partial charge in [0.05, 0.1) is 19.3 Å². The zero-order valence-corrected chi connectivity index (χ0v) is 10.3. The standard InChI is InChI=1S/C12H20N2O2/c1-4-5-11(2,3)7-14-10(15)12(6-13)8-16-9-12/h4-5,7-9H2,1-3H3,(H,14,15). The topological polar surface area (TPSA) is 62.1 Å². The van der Waals surface area contributed by atoms with Crippen LogP contribution in [0.1, 0.15) is 33.6 Å². The van der Waals surface area contributed by atoms with E-state index in [1.807, 2.05) is 6.07 Å². The number of amides is 1. The summed E-state index contributed by atoms with van der Waals surface area (Å²) >= 11 is 0. The number of carbonyl (C=O) groups excluding carboxylic acids is 1. The number of ether oxygens (including phenoxy) is 1. The van der Waals surface area contributed by atoms with E-state index in [1.165, 1.54) is 0 Å². The molecule has 0 aliphatic carbocycles. The lowest BCUT2D eigenvalue weighted by atomic mass is 9.84. The van der Waals surface area contributed by atoms with Gasteiger partial charge in [0.2, 0.25) is 5.91 Å². The Labute approximate surface area is 97.0 Å². The molecule has 90 valence electrons. The third-order valence-electron chi connectivity index (χ3n) is 3.00. The fourth-order valence-corrected chi connectivity index (χ4v) is 1.81. The minimum atomic E-state index is -0.928. The van der Waals surface area contributed by atoms with Crippen LogP contribution >= 0.6 is 0 Å². The molecule has 0 saturated carbocycles. The SMILES string of the molecule is CCCC(C)(C)CNC(=O)C1(C#N)COC1. The lowest BCUT2D eigenvalue weighted by molar-refractivity contribution is -0.150. The molecule has 0 bridgehead atoms. The lowest BCUT2D eigenvalue weighted by Gasteiger charge is -2.34. The van der Waals surface area contributed by atoms with Gasteiger partial charge in [-0.05, 0) is 11.8 Å². The van der Waals surface area contributed by atoms with Crippen molar-refractivity contribution < 1.29 is 9.53 Å². The van der Waals surface area contributed by atoms with Crippen LogP contribution in [0, 0.1) is 22.2 Å². The fraction of sp³-hybridized carbons (Fsp3) is 0.833. The lowest BCUT2D eigenvalue weighted by Crippen LogP contribution is -2.54. The van der Waals surface area contributed by atoms with Crippen molar-refractivity contribution in [2.45, 2.75) is 33.6 Å². The van der Waals surface area contributed by atoms with E-state index in [9.17, 15) is 4.79 Å². The van der Waals surface area contributed by atoms with Crippen LogP contribution in [0.5, 0.6) is 0 Å². The summed E-state index contributed by atoms with van der Waals surface area (Å²) in [6, 6.07) is 2.05. The number of hydrogen-bond donors (Lipinski definition) is 1. The molecular formula is C12H20N2O2. The van der Waals surface area contributed by atoms with Crippen LogP contribution in [0.2, 0.25) is 0 Å². The Hall–Kier alpha value is -1.08. The van der Waals surface area contributed by atoms with E-state index in [0.717, 1.165) is 12.8 Å². The van der Waals surface area contributed by atoms with Crippen molar-refractivity contribution in [2.75, 3.05) is 19.8 Å². The highest BCUT2D eigenvalue weighted by atomic mass is 16.5. The van der Waals surface area contributed by atoms with E-state index < -0.39 is 5.41 Å². The fourth-order valence-electron chi connectivity index (χ4n) is 1.81. The van der Waals surface area contributed by atoms with Gasteiger partial charge in [-0.25, -0.2) is 0 Å². The number of hydrogen-bond acceptors (Lipinski definition) is 3. The summed E-state index contributed by atoms with van der Waals surface area (Å²) in [5.74, 6) is -0.189. The molecule has 0 aromatic rings. The number of nitrogens with zero attached hydrogens (tertiary/aromatic N) is 1. The molecule has 1 rings (SSSR count). The highest BCUT2D eigenvalue weighted by Gasteiger charge is 2.46. The smallest absolute Gasteiger partial charge is 0.245 e. The van der Waals surface area contributed by atoms with E-state index in [-0.39, 0.29) is 24.5 Å². The second-order valence-corrected chi connectivity index (χ2v) is 5.28. The number of carbonyl (C=O) groups is 1. The molecule has 1 amide bonds. The average molecular weight is 224 g/mol. The largest absolute Gasteiger partial charge is 0.377 e. The average Bonchev–Trinajstić information content (AvgIpc) is 2.14. The second-order valence-electron chi connectivity index (χ2n) is 5.28. The van der Waals surface area contributed by atoms with Crippen LogP contribution in [0.4, 0.5) is 0 Å². The van der Waals surface area contributed by atoms with Gasteiger partial charge in [0.1, 0.15) is 0 Å². The van der Waals surface area contributed by atoms with E-state index in [4.69, 9.17) is 10.00 Å². The van der Waals surface area contributed by atoms with Gasteiger partial charge in [0.25, 0.3) is 0 Å². The van der Waals surface area contributed by atoms with Gasteiger partial charge in [-0.3, -0.25) is 4.79 Å². The maximum atomic E-state index is 11.8. The zero-order chi connectivity index (χ0) is 12.2. The molecule has 0 spiro atoms. The molecule has 0 aromatic carbocycles. The van der Waals surface area contributed by atoms with Gasteiger partial charge < -0.3 is 10.1 Å². The van der Waals surface area contributed by atoms with Gasteiger partial charge in [-0.1, -0.05) is 27.2 Å². The van der Waals surface area contributed by atoms with Crippen molar-refractivity contribution in [3.8, 4) is 6.07 Å². The maximum absolute atomic E-state index is 11.8. The number of nitriles is 1. The van der Waals surface area contributed by atoms with Gasteiger partial charge in [-0.15, -0.1) is 0 Å². The summed E-state index contributed by atoms with van der Waals surface area (Å²) in [6.07, 6.45) is 2.15. The van der Waals surface area contributed by atoms with Crippen molar-refractivity contribution in [3.05, 3.63) is 0 Å². The van der Waals surface area contributed by atoms with E-state index in [0.29, 0.717) is 6.54 Å². The predicted octanol–water partition coefficient (Wildman–Crippen LogP) is 1.47. The van der Waals surface area contributed by atoms with Crippen molar-refractivity contribution >= 4 is 5.91 Å². The Kier molecular flexibility index (Phi) is 3.93. The zero-order valence-electron chi connectivity index (χ0n) is 10.3. The summed E-state index contributed by atoms with van der Waals surface area (Å²) in [5, 5.41) is 11.8. The first-order valence-electron chi connectivity index (χ1n) is 5.73. The highest BCUT2D eigenvalue weighted by Crippen LogP contribution is 2.27. The van der Waals surface area contributed by atoms with Crippen molar-refractivity contribution in [1.29, 1.82) is 5.26 Å². The maximum Gasteiger partial charge on any atom is 0.245 e. The van der Waals surface area contributed by atoms with Gasteiger partial charge in [0, 0.05) is 6.54 Å². The van der Waals surface area contributed by atoms with Gasteiger partial charge in [0.15, 0.2) is 5.41 Å². The molecule has 0 atom stereocenters. The Morgan fingerprint density at radius 2 is 2.19 bits per heavy atom. The Bertz CT molecular complexity index is 301. The van der Waals surface area contributed by atoms with Crippen molar-refractivity contribution in [2.24, 2.45) is 10.8 Å². The van der Waals surface area contributed by atoms with Crippen LogP contribution in [-0.2, 0) is 9.53 Å². The summed E-state index contributed by atoms with van der Waals surface area (Å²) in [7, 11) is 0. The molecule has 0 aromatic heterocycles. The molecule has 1 heterocycles. The molecular weight excluding hydrogens is 204 g/mol. The summed E-state index contributed by atoms with van der Waals surface area (Å²) in [5.41, 5.74) is -0.839. The molecule has 4 nitrogen and oxygen atoms in total. The van der Waals surface area contributed by atoms with E-state index in [1.54, 1.807) is 0 Å². The Morgan fingerprint density at radius 3 is 2.56 bits per heavy atom. The first kappa shape index (κ1) is 13.0. The molecule has 4 heteroatoms. The molecule has 1 fully saturated rings. The van der Waals surface area contributed by atoms with Crippen LogP contribution in [0.15, 0.2) is 0 Å². The molecule has 0 unspecified atom stereocenters. The molecule has 16 heavy (non-hydrogen) atoms. The van der Waals surface area contributed by atoms with Crippen LogP contribution in [0.3, 0.4) is 0 Å². The van der Waals surface area contributed by atoms with Gasteiger partial charge >= 0.3 is 0 Å². The quantitative estimate of drug-likeness (QED) is 0.769. The summed E-state index contributed by atoms with van der Waals surface area (Å²) in [6.45, 7) is 7.43. The molecule has 1 aliphatic heterocycles. The molecule has 1 N–H and O–H groups in total. The minimum absolute atomic E-state index is 0.0889. The first-order chi connectivity index (χ1) is 7.46. The Balaban J connectivity index is 2.44. The monoisotopic (exact) mass is 224 g/mol. The van der Waals surface area contributed by atoms with Crippen LogP contribution < -0.4 is 5.32 Å². The van der Waals surface area contributed by atoms with Crippen LogP contribution in [-0.4, -0.2) is 25.7 Å². The van der Waals surface area contributed by atoms with Crippen LogP contribution in [0.25, 0.3) is 0 Å². The number of nitrogens with one attached hydrogen (secondary N) is 1. The van der Waals surface area contributed by atoms with Crippen molar-refractivity contribution in [1.82, 2.24) is 5.32 Å². The minimum Gasteiger partial charge on any atom is -0.377 e. The second kappa shape index (κ2) is 4.84. The molecule has 1 aliphatic rings. The van der Waals surface area contributed by atoms with E-state index in [2.05, 4.69) is 26.1 Å². The van der Waals surface area contributed by atoms with Crippen molar-refractivity contribution in [3.63, 3.8) is 0 Å². The highest BCUT2D eigenvalue weighted by molar-refractivity contribution is 5.86. The summed E-state index contributed by atoms with van der Waals surface area (Å²) < 4.78 is 4.95. The number of rotatable bonds is 5. The normalized spacial score (nSPS) is 18.4. The molecule has 1 saturated heterocycles. The predicted molar refractivity (Wildman–Crippen MR) is 60.6 cm³/mol. The Morgan fingerprint density at radius 1 is 1.56 bits per heavy atom. The van der Waals surface area contributed by atoms with Gasteiger partial charge in [-0.2, -0.15) is 5.26 Å². The first-order valence-corrected chi connectivity index (χ1v) is 5.73. The third kappa shape index (κ3) is 2.73. The van der Waals surface area contributed by atoms with E-state index >= 15 is 0 Å².